The van der Waals surface area contributed by atoms with Crippen molar-refractivity contribution in [2.45, 2.75) is 25.4 Å². The van der Waals surface area contributed by atoms with E-state index < -0.39 is 18.1 Å². The van der Waals surface area contributed by atoms with Gasteiger partial charge in [0.1, 0.15) is 17.7 Å². The first-order chi connectivity index (χ1) is 16.9. The van der Waals surface area contributed by atoms with Gasteiger partial charge in [0, 0.05) is 23.7 Å². The van der Waals surface area contributed by atoms with Crippen molar-refractivity contribution in [3.8, 4) is 17.6 Å². The van der Waals surface area contributed by atoms with Crippen molar-refractivity contribution in [1.82, 2.24) is 9.88 Å². The average Bonchev–Trinajstić information content (AvgIpc) is 2.87. The molecular formula is C28H28F2N2O3. The molecule has 182 valence electrons. The Morgan fingerprint density at radius 2 is 2.14 bits per heavy atom. The molecule has 0 spiro atoms. The summed E-state index contributed by atoms with van der Waals surface area (Å²) in [5.41, 5.74) is 1.83. The van der Waals surface area contributed by atoms with Crippen LogP contribution in [0.15, 0.2) is 54.7 Å². The first kappa shape index (κ1) is 24.6. The van der Waals surface area contributed by atoms with E-state index in [0.29, 0.717) is 60.3 Å². The maximum Gasteiger partial charge on any atom is 0.308 e. The number of rotatable bonds is 7. The number of nitrogens with zero attached hydrogens (tertiary/aromatic N) is 2. The van der Waals surface area contributed by atoms with Gasteiger partial charge in [0.25, 0.3) is 0 Å². The monoisotopic (exact) mass is 478 g/mol. The number of hydrogen-bond donors (Lipinski definition) is 1. The minimum atomic E-state index is -1.22. The Morgan fingerprint density at radius 3 is 2.91 bits per heavy atom. The van der Waals surface area contributed by atoms with Crippen molar-refractivity contribution in [1.29, 1.82) is 0 Å². The molecule has 35 heavy (non-hydrogen) atoms. The largest absolute Gasteiger partial charge is 0.497 e. The predicted molar refractivity (Wildman–Crippen MR) is 130 cm³/mol. The molecule has 2 heterocycles. The molecule has 0 bridgehead atoms. The van der Waals surface area contributed by atoms with E-state index in [9.17, 15) is 14.3 Å². The summed E-state index contributed by atoms with van der Waals surface area (Å²) in [6, 6.07) is 13.1. The van der Waals surface area contributed by atoms with Gasteiger partial charge < -0.3 is 9.84 Å². The van der Waals surface area contributed by atoms with Gasteiger partial charge in [-0.2, -0.15) is 0 Å². The maximum atomic E-state index is 15.3. The quantitative estimate of drug-likeness (QED) is 0.470. The SMILES string of the molecule is COc1ccc2nccc([C@@H](F)CC[C@@H]3CCN(CC#Cc4cccc(F)c4)C[C@@H]3C(=O)O)c2c1. The third-order valence-corrected chi connectivity index (χ3v) is 6.63. The predicted octanol–water partition coefficient (Wildman–Crippen LogP) is 5.25. The van der Waals surface area contributed by atoms with Crippen molar-refractivity contribution < 1.29 is 23.4 Å². The van der Waals surface area contributed by atoms with Crippen LogP contribution in [0.4, 0.5) is 8.78 Å². The number of ether oxygens (including phenoxy) is 1. The van der Waals surface area contributed by atoms with Crippen LogP contribution in [-0.4, -0.2) is 47.7 Å². The Morgan fingerprint density at radius 1 is 1.29 bits per heavy atom. The molecule has 3 aromatic rings. The molecule has 1 aromatic heterocycles. The maximum absolute atomic E-state index is 15.3. The van der Waals surface area contributed by atoms with Crippen LogP contribution in [0, 0.1) is 29.5 Å². The Kier molecular flexibility index (Phi) is 7.94. The third-order valence-electron chi connectivity index (χ3n) is 6.63. The standard InChI is InChI=1S/C28H28F2N2O3/c1-35-22-8-10-27-24(17-22)23(11-13-31-27)26(30)9-7-20-12-15-32(18-25(20)28(33)34)14-3-5-19-4-2-6-21(29)16-19/h2,4,6,8,10-11,13,16-17,20,25-26H,7,9,12,14-15,18H2,1H3,(H,33,34)/t20-,25+,26+/m1/s1. The number of carbonyl (C=O) groups is 1. The molecule has 5 nitrogen and oxygen atoms in total. The summed E-state index contributed by atoms with van der Waals surface area (Å²) in [6.45, 7) is 1.46. The molecule has 3 atom stereocenters. The second-order valence-electron chi connectivity index (χ2n) is 8.87. The van der Waals surface area contributed by atoms with E-state index in [0.717, 1.165) is 0 Å². The summed E-state index contributed by atoms with van der Waals surface area (Å²) in [7, 11) is 1.57. The molecule has 2 aromatic carbocycles. The lowest BCUT2D eigenvalue weighted by atomic mass is 9.81. The first-order valence-corrected chi connectivity index (χ1v) is 11.7. The lowest BCUT2D eigenvalue weighted by Crippen LogP contribution is -2.44. The topological polar surface area (TPSA) is 62.7 Å². The summed E-state index contributed by atoms with van der Waals surface area (Å²) in [5, 5.41) is 10.5. The smallest absolute Gasteiger partial charge is 0.308 e. The van der Waals surface area contributed by atoms with E-state index in [1.165, 1.54) is 12.1 Å². The van der Waals surface area contributed by atoms with E-state index in [4.69, 9.17) is 4.74 Å². The van der Waals surface area contributed by atoms with E-state index in [-0.39, 0.29) is 18.2 Å². The Bertz CT molecular complexity index is 1250. The fraction of sp³-hybridized carbons (Fsp3) is 0.357. The zero-order valence-corrected chi connectivity index (χ0v) is 19.6. The summed E-state index contributed by atoms with van der Waals surface area (Å²) in [5.74, 6) is 4.67. The van der Waals surface area contributed by atoms with E-state index >= 15 is 4.39 Å². The van der Waals surface area contributed by atoms with Gasteiger partial charge in [-0.1, -0.05) is 17.9 Å². The molecule has 4 rings (SSSR count). The van der Waals surface area contributed by atoms with Crippen LogP contribution in [-0.2, 0) is 4.79 Å². The third kappa shape index (κ3) is 6.14. The molecule has 7 heteroatoms. The van der Waals surface area contributed by atoms with Crippen molar-refractivity contribution in [3.05, 3.63) is 71.7 Å². The number of pyridine rings is 1. The fourth-order valence-electron chi connectivity index (χ4n) is 4.72. The summed E-state index contributed by atoms with van der Waals surface area (Å²) < 4.78 is 33.9. The molecule has 0 aliphatic carbocycles. The van der Waals surface area contributed by atoms with Gasteiger partial charge in [0.15, 0.2) is 0 Å². The molecule has 0 radical (unpaired) electrons. The number of aromatic nitrogens is 1. The number of aliphatic carboxylic acids is 1. The van der Waals surface area contributed by atoms with Crippen LogP contribution < -0.4 is 4.74 Å². The number of halogens is 2. The van der Waals surface area contributed by atoms with Crippen molar-refractivity contribution in [2.24, 2.45) is 11.8 Å². The van der Waals surface area contributed by atoms with Crippen LogP contribution in [0.25, 0.3) is 10.9 Å². The summed E-state index contributed by atoms with van der Waals surface area (Å²) >= 11 is 0. The van der Waals surface area contributed by atoms with Gasteiger partial charge in [-0.05, 0) is 79.8 Å². The molecule has 1 N–H and O–H groups in total. The molecule has 1 fully saturated rings. The first-order valence-electron chi connectivity index (χ1n) is 11.7. The second-order valence-corrected chi connectivity index (χ2v) is 8.87. The van der Waals surface area contributed by atoms with E-state index in [1.807, 2.05) is 4.90 Å². The summed E-state index contributed by atoms with van der Waals surface area (Å²) in [4.78, 5) is 18.3. The Labute approximate surface area is 203 Å². The highest BCUT2D eigenvalue weighted by Gasteiger charge is 2.34. The van der Waals surface area contributed by atoms with Crippen LogP contribution >= 0.6 is 0 Å². The number of likely N-dealkylation sites (tertiary alicyclic amines) is 1. The van der Waals surface area contributed by atoms with Crippen molar-refractivity contribution in [2.75, 3.05) is 26.7 Å². The zero-order valence-electron chi connectivity index (χ0n) is 19.6. The molecule has 0 saturated carbocycles. The van der Waals surface area contributed by atoms with Crippen LogP contribution in [0.5, 0.6) is 5.75 Å². The number of fused-ring (bicyclic) bond motifs is 1. The lowest BCUT2D eigenvalue weighted by molar-refractivity contribution is -0.146. The molecule has 0 amide bonds. The number of carboxylic acid groups (broad SMARTS) is 1. The Balaban J connectivity index is 1.38. The van der Waals surface area contributed by atoms with Crippen LogP contribution in [0.1, 0.15) is 36.6 Å². The number of methoxy groups -OCH3 is 1. The number of piperidine rings is 1. The Hall–Kier alpha value is -3.50. The van der Waals surface area contributed by atoms with Gasteiger partial charge >= 0.3 is 5.97 Å². The molecule has 1 aliphatic heterocycles. The fourth-order valence-corrected chi connectivity index (χ4v) is 4.72. The zero-order chi connectivity index (χ0) is 24.8. The lowest BCUT2D eigenvalue weighted by Gasteiger charge is -2.35. The highest BCUT2D eigenvalue weighted by atomic mass is 19.1. The van der Waals surface area contributed by atoms with Gasteiger partial charge in [0.05, 0.1) is 25.1 Å². The van der Waals surface area contributed by atoms with E-state index in [1.54, 1.807) is 49.7 Å². The van der Waals surface area contributed by atoms with Crippen molar-refractivity contribution in [3.63, 3.8) is 0 Å². The van der Waals surface area contributed by atoms with Crippen molar-refractivity contribution >= 4 is 16.9 Å². The van der Waals surface area contributed by atoms with Gasteiger partial charge in [-0.3, -0.25) is 14.7 Å². The highest BCUT2D eigenvalue weighted by molar-refractivity contribution is 5.83. The molecule has 0 unspecified atom stereocenters. The van der Waals surface area contributed by atoms with Crippen LogP contribution in [0.3, 0.4) is 0 Å². The molecule has 1 saturated heterocycles. The van der Waals surface area contributed by atoms with Gasteiger partial charge in [-0.25, -0.2) is 8.78 Å². The van der Waals surface area contributed by atoms with Gasteiger partial charge in [-0.15, -0.1) is 0 Å². The normalized spacial score (nSPS) is 19.1. The average molecular weight is 479 g/mol. The minimum Gasteiger partial charge on any atom is -0.497 e. The second kappa shape index (κ2) is 11.3. The number of alkyl halides is 1. The highest BCUT2D eigenvalue weighted by Crippen LogP contribution is 2.35. The van der Waals surface area contributed by atoms with Crippen LogP contribution in [0.2, 0.25) is 0 Å². The van der Waals surface area contributed by atoms with E-state index in [2.05, 4.69) is 16.8 Å². The molecule has 1 aliphatic rings. The number of benzene rings is 2. The minimum absolute atomic E-state index is 0.110. The van der Waals surface area contributed by atoms with Gasteiger partial charge in [0.2, 0.25) is 0 Å². The molecular weight excluding hydrogens is 450 g/mol. The number of carboxylic acids is 1. The summed E-state index contributed by atoms with van der Waals surface area (Å²) in [6.07, 6.45) is 1.76. The number of hydrogen-bond acceptors (Lipinski definition) is 4.